The summed E-state index contributed by atoms with van der Waals surface area (Å²) in [4.78, 5) is 0. The highest BCUT2D eigenvalue weighted by atomic mass is 15.4. The standard InChI is InChI=1S/C8H20N4/c1-2-3-4-5-8(10)12(11)7-6-9/h6-8H,2-5,9-11H2,1H3/b7-6-. The Morgan fingerprint density at radius 2 is 2.08 bits per heavy atom. The summed E-state index contributed by atoms with van der Waals surface area (Å²) in [5, 5.41) is 1.44. The van der Waals surface area contributed by atoms with E-state index >= 15 is 0 Å². The van der Waals surface area contributed by atoms with Crippen molar-refractivity contribution < 1.29 is 0 Å². The Bertz CT molecular complexity index is 124. The van der Waals surface area contributed by atoms with Crippen molar-refractivity contribution in [2.75, 3.05) is 0 Å². The Balaban J connectivity index is 3.49. The van der Waals surface area contributed by atoms with Gasteiger partial charge in [-0.25, -0.2) is 5.84 Å². The lowest BCUT2D eigenvalue weighted by Crippen LogP contribution is -2.43. The van der Waals surface area contributed by atoms with Crippen molar-refractivity contribution in [3.05, 3.63) is 12.4 Å². The van der Waals surface area contributed by atoms with Crippen LogP contribution >= 0.6 is 0 Å². The van der Waals surface area contributed by atoms with E-state index in [0.717, 1.165) is 12.8 Å². The molecule has 0 fully saturated rings. The van der Waals surface area contributed by atoms with Gasteiger partial charge in [-0.05, 0) is 6.42 Å². The molecule has 0 heterocycles. The van der Waals surface area contributed by atoms with Gasteiger partial charge in [-0.2, -0.15) is 0 Å². The smallest absolute Gasteiger partial charge is 0.0914 e. The molecule has 1 unspecified atom stereocenters. The first-order valence-corrected chi connectivity index (χ1v) is 4.39. The van der Waals surface area contributed by atoms with Crippen molar-refractivity contribution in [3.8, 4) is 0 Å². The van der Waals surface area contributed by atoms with Crippen LogP contribution in [-0.2, 0) is 0 Å². The van der Waals surface area contributed by atoms with Gasteiger partial charge in [0.15, 0.2) is 0 Å². The molecule has 0 amide bonds. The van der Waals surface area contributed by atoms with Gasteiger partial charge in [0, 0.05) is 12.4 Å². The first-order valence-electron chi connectivity index (χ1n) is 4.39. The third-order valence-corrected chi connectivity index (χ3v) is 1.74. The number of unbranched alkanes of at least 4 members (excludes halogenated alkanes) is 2. The summed E-state index contributed by atoms with van der Waals surface area (Å²) in [6.07, 6.45) is 7.28. The fourth-order valence-corrected chi connectivity index (χ4v) is 0.962. The summed E-state index contributed by atoms with van der Waals surface area (Å²) in [5.41, 5.74) is 10.9. The van der Waals surface area contributed by atoms with Gasteiger partial charge >= 0.3 is 0 Å². The number of hydrogen-bond donors (Lipinski definition) is 3. The summed E-state index contributed by atoms with van der Waals surface area (Å²) >= 11 is 0. The van der Waals surface area contributed by atoms with Crippen LogP contribution in [0.15, 0.2) is 12.4 Å². The van der Waals surface area contributed by atoms with E-state index in [4.69, 9.17) is 17.3 Å². The lowest BCUT2D eigenvalue weighted by atomic mass is 10.2. The predicted molar refractivity (Wildman–Crippen MR) is 51.5 cm³/mol. The second kappa shape index (κ2) is 6.94. The lowest BCUT2D eigenvalue weighted by molar-refractivity contribution is 0.269. The molecule has 72 valence electrons. The quantitative estimate of drug-likeness (QED) is 0.235. The van der Waals surface area contributed by atoms with E-state index in [0.29, 0.717) is 0 Å². The minimum absolute atomic E-state index is 0.114. The third kappa shape index (κ3) is 4.98. The van der Waals surface area contributed by atoms with Gasteiger partial charge in [0.05, 0.1) is 6.17 Å². The molecule has 4 nitrogen and oxygen atoms in total. The highest BCUT2D eigenvalue weighted by Gasteiger charge is 2.04. The van der Waals surface area contributed by atoms with E-state index in [1.54, 1.807) is 6.20 Å². The van der Waals surface area contributed by atoms with Crippen molar-refractivity contribution in [2.45, 2.75) is 38.8 Å². The molecule has 6 N–H and O–H groups in total. The van der Waals surface area contributed by atoms with Gasteiger partial charge in [-0.3, -0.25) is 5.01 Å². The molecule has 12 heavy (non-hydrogen) atoms. The average molecular weight is 172 g/mol. The van der Waals surface area contributed by atoms with Gasteiger partial charge in [0.25, 0.3) is 0 Å². The summed E-state index contributed by atoms with van der Waals surface area (Å²) < 4.78 is 0. The highest BCUT2D eigenvalue weighted by molar-refractivity contribution is 4.76. The Hall–Kier alpha value is -0.740. The average Bonchev–Trinajstić information content (AvgIpc) is 2.05. The molecule has 0 aromatic rings. The van der Waals surface area contributed by atoms with Crippen LogP contribution in [0.3, 0.4) is 0 Å². The number of hydrogen-bond acceptors (Lipinski definition) is 4. The van der Waals surface area contributed by atoms with E-state index in [2.05, 4.69) is 6.92 Å². The molecule has 0 aliphatic heterocycles. The van der Waals surface area contributed by atoms with Gasteiger partial charge < -0.3 is 11.5 Å². The SMILES string of the molecule is CCCCCC(N)N(N)/C=C\N. The van der Waals surface area contributed by atoms with Gasteiger partial charge in [-0.15, -0.1) is 0 Å². The van der Waals surface area contributed by atoms with E-state index in [1.165, 1.54) is 24.1 Å². The van der Waals surface area contributed by atoms with Crippen LogP contribution in [-0.4, -0.2) is 11.2 Å². The van der Waals surface area contributed by atoms with Crippen molar-refractivity contribution in [3.63, 3.8) is 0 Å². The first-order chi connectivity index (χ1) is 5.72. The van der Waals surface area contributed by atoms with Crippen molar-refractivity contribution >= 4 is 0 Å². The summed E-state index contributed by atoms with van der Waals surface area (Å²) in [7, 11) is 0. The molecule has 1 atom stereocenters. The summed E-state index contributed by atoms with van der Waals surface area (Å²) in [6, 6.07) is 0. The van der Waals surface area contributed by atoms with Gasteiger partial charge in [0.2, 0.25) is 0 Å². The molecule has 0 saturated heterocycles. The van der Waals surface area contributed by atoms with Crippen molar-refractivity contribution in [2.24, 2.45) is 17.3 Å². The molecule has 0 saturated carbocycles. The van der Waals surface area contributed by atoms with Crippen LogP contribution in [0.1, 0.15) is 32.6 Å². The van der Waals surface area contributed by atoms with Crippen LogP contribution in [0.5, 0.6) is 0 Å². The number of hydrazine groups is 1. The van der Waals surface area contributed by atoms with Crippen LogP contribution in [0.4, 0.5) is 0 Å². The topological polar surface area (TPSA) is 81.3 Å². The van der Waals surface area contributed by atoms with E-state index in [-0.39, 0.29) is 6.17 Å². The molecule has 0 aliphatic rings. The van der Waals surface area contributed by atoms with Crippen molar-refractivity contribution in [1.82, 2.24) is 5.01 Å². The molecule has 0 aromatic heterocycles. The summed E-state index contributed by atoms with van der Waals surface area (Å²) in [5.74, 6) is 5.55. The van der Waals surface area contributed by atoms with Crippen LogP contribution < -0.4 is 17.3 Å². The zero-order chi connectivity index (χ0) is 9.40. The minimum Gasteiger partial charge on any atom is -0.403 e. The molecular formula is C8H20N4. The first kappa shape index (κ1) is 11.3. The number of nitrogens with zero attached hydrogens (tertiary/aromatic N) is 1. The molecule has 4 heteroatoms. The van der Waals surface area contributed by atoms with E-state index < -0.39 is 0 Å². The maximum Gasteiger partial charge on any atom is 0.0914 e. The summed E-state index contributed by atoms with van der Waals surface area (Å²) in [6.45, 7) is 2.16. The maximum atomic E-state index is 5.74. The Labute approximate surface area is 74.4 Å². The number of rotatable bonds is 6. The monoisotopic (exact) mass is 172 g/mol. The normalized spacial score (nSPS) is 13.6. The number of nitrogens with two attached hydrogens (primary N) is 3. The Kier molecular flexibility index (Phi) is 6.51. The van der Waals surface area contributed by atoms with Crippen LogP contribution in [0, 0.1) is 0 Å². The molecule has 0 aliphatic carbocycles. The molecule has 0 aromatic carbocycles. The molecular weight excluding hydrogens is 152 g/mol. The maximum absolute atomic E-state index is 5.74. The third-order valence-electron chi connectivity index (χ3n) is 1.74. The zero-order valence-electron chi connectivity index (χ0n) is 7.74. The van der Waals surface area contributed by atoms with Crippen molar-refractivity contribution in [1.29, 1.82) is 0 Å². The minimum atomic E-state index is -0.114. The zero-order valence-corrected chi connectivity index (χ0v) is 7.74. The van der Waals surface area contributed by atoms with E-state index in [9.17, 15) is 0 Å². The fourth-order valence-electron chi connectivity index (χ4n) is 0.962. The van der Waals surface area contributed by atoms with Crippen LogP contribution in [0.2, 0.25) is 0 Å². The largest absolute Gasteiger partial charge is 0.403 e. The van der Waals surface area contributed by atoms with Crippen LogP contribution in [0.25, 0.3) is 0 Å². The van der Waals surface area contributed by atoms with E-state index in [1.807, 2.05) is 0 Å². The lowest BCUT2D eigenvalue weighted by Gasteiger charge is -2.21. The van der Waals surface area contributed by atoms with Gasteiger partial charge in [-0.1, -0.05) is 26.2 Å². The Morgan fingerprint density at radius 3 is 2.58 bits per heavy atom. The molecule has 0 rings (SSSR count). The van der Waals surface area contributed by atoms with Gasteiger partial charge in [0.1, 0.15) is 0 Å². The molecule has 0 bridgehead atoms. The predicted octanol–water partition coefficient (Wildman–Crippen LogP) is 0.457. The second-order valence-electron chi connectivity index (χ2n) is 2.85. The highest BCUT2D eigenvalue weighted by Crippen LogP contribution is 2.02. The molecule has 0 radical (unpaired) electrons. The molecule has 0 spiro atoms. The Morgan fingerprint density at radius 1 is 1.42 bits per heavy atom. The fraction of sp³-hybridized carbons (Fsp3) is 0.750. The second-order valence-corrected chi connectivity index (χ2v) is 2.85.